The molecule has 7 rings (SSSR count). The van der Waals surface area contributed by atoms with E-state index in [9.17, 15) is 49.5 Å². The normalized spacial score (nSPS) is 10.9. The number of fused-ring (bicyclic) bond motifs is 2. The van der Waals surface area contributed by atoms with Gasteiger partial charge in [0.25, 0.3) is 0 Å². The van der Waals surface area contributed by atoms with E-state index in [0.29, 0.717) is 38.8 Å². The fourth-order valence-corrected chi connectivity index (χ4v) is 7.40. The molecule has 0 aromatic heterocycles. The third-order valence-corrected chi connectivity index (χ3v) is 10.0. The van der Waals surface area contributed by atoms with Crippen molar-refractivity contribution in [3.8, 4) is 62.0 Å². The molecule has 1 aliphatic carbocycles. The molecule has 2 aliphatic rings. The number of hydrogen-bond donors (Lipinski definition) is 5. The lowest BCUT2D eigenvalue weighted by Crippen LogP contribution is -2.35. The molecule has 0 spiro atoms. The molecule has 0 atom stereocenters. The minimum Gasteiger partial charge on any atom is -0.507 e. The predicted octanol–water partition coefficient (Wildman–Crippen LogP) is 7.56. The number of aromatic hydroxyl groups is 1. The summed E-state index contributed by atoms with van der Waals surface area (Å²) in [7, 11) is 0. The molecule has 5 N–H and O–H groups in total. The second-order valence-corrected chi connectivity index (χ2v) is 14.3. The van der Waals surface area contributed by atoms with Crippen molar-refractivity contribution in [3.05, 3.63) is 143 Å². The number of benzene rings is 6. The van der Waals surface area contributed by atoms with Crippen molar-refractivity contribution in [3.63, 3.8) is 0 Å². The van der Waals surface area contributed by atoms with Crippen LogP contribution < -0.4 is 24.7 Å². The highest BCUT2D eigenvalue weighted by molar-refractivity contribution is 6.08. The highest BCUT2D eigenvalue weighted by atomic mass is 16.5. The van der Waals surface area contributed by atoms with Crippen molar-refractivity contribution in [1.82, 2.24) is 0 Å². The molecule has 1 aliphatic heterocycles. The number of carboxylic acid groups (broad SMARTS) is 4. The summed E-state index contributed by atoms with van der Waals surface area (Å²) in [6, 6.07) is 33.0. The number of nitrogens with zero attached hydrogens (tertiary/aromatic N) is 3. The summed E-state index contributed by atoms with van der Waals surface area (Å²) in [5, 5.41) is 50.4. The van der Waals surface area contributed by atoms with E-state index >= 15 is 0 Å². The van der Waals surface area contributed by atoms with Crippen LogP contribution in [0.3, 0.4) is 0 Å². The van der Waals surface area contributed by atoms with E-state index in [4.69, 9.17) is 20.5 Å². The molecule has 16 heteroatoms. The summed E-state index contributed by atoms with van der Waals surface area (Å²) < 4.78 is 18.5. The van der Waals surface area contributed by atoms with Gasteiger partial charge in [0, 0.05) is 34.2 Å². The van der Waals surface area contributed by atoms with Gasteiger partial charge >= 0.3 is 23.9 Å². The Balaban J connectivity index is 1.42. The summed E-state index contributed by atoms with van der Waals surface area (Å²) in [6.45, 7) is 5.00. The standard InChI is InChI=1S/C48H37N3O13/c1-49-35-21-37(51(26-46(58)59)27-47(60)61)43(63-17-16-62-40-15-9-8-14-36(40)50(24-44(54)55)25-45(56)57)20-32(35)48-33-18-30(28-10-4-2-5-11-28)38(52)22-41(33)64-42-23-39(53)31(19-34(42)48)29-12-6-3-7-13-29/h2-15,18-23,52H,16-17,24-27H2,(H,54,55)(H,56,57)(H,58,59)(H,60,61). The van der Waals surface area contributed by atoms with Crippen LogP contribution in [-0.2, 0) is 19.2 Å². The van der Waals surface area contributed by atoms with Crippen LogP contribution in [0.2, 0.25) is 0 Å². The van der Waals surface area contributed by atoms with Gasteiger partial charge in [-0.05, 0) is 58.7 Å². The van der Waals surface area contributed by atoms with E-state index in [0.717, 1.165) is 9.80 Å². The second kappa shape index (κ2) is 18.8. The molecule has 0 saturated heterocycles. The minimum absolute atomic E-state index is 0.0548. The highest BCUT2D eigenvalue weighted by Crippen LogP contribution is 2.49. The quantitative estimate of drug-likeness (QED) is 0.0318. The lowest BCUT2D eigenvalue weighted by molar-refractivity contribution is -0.138. The Morgan fingerprint density at radius 2 is 1.11 bits per heavy atom. The number of carboxylic acids is 4. The zero-order valence-electron chi connectivity index (χ0n) is 33.6. The third-order valence-electron chi connectivity index (χ3n) is 10.0. The molecule has 5 aromatic rings. The van der Waals surface area contributed by atoms with Gasteiger partial charge in [0.2, 0.25) is 0 Å². The second-order valence-electron chi connectivity index (χ2n) is 14.3. The van der Waals surface area contributed by atoms with Gasteiger partial charge < -0.3 is 49.2 Å². The number of phenolic OH excluding ortho intramolecular Hbond substituents is 1. The van der Waals surface area contributed by atoms with Crippen molar-refractivity contribution in [2.45, 2.75) is 0 Å². The van der Waals surface area contributed by atoms with Gasteiger partial charge in [0.15, 0.2) is 11.1 Å². The van der Waals surface area contributed by atoms with Crippen LogP contribution in [0.5, 0.6) is 17.2 Å². The molecule has 1 heterocycles. The molecule has 0 amide bonds. The van der Waals surface area contributed by atoms with Crippen LogP contribution in [-0.4, -0.2) is 88.8 Å². The molecule has 0 fully saturated rings. The fraction of sp³-hybridized carbons (Fsp3) is 0.125. The number of para-hydroxylation sites is 2. The zero-order valence-corrected chi connectivity index (χ0v) is 33.6. The molecular formula is C48H37N3O13. The largest absolute Gasteiger partial charge is 0.507 e. The molecule has 5 aromatic carbocycles. The van der Waals surface area contributed by atoms with Crippen LogP contribution in [0.1, 0.15) is 0 Å². The first-order valence-electron chi connectivity index (χ1n) is 19.5. The van der Waals surface area contributed by atoms with E-state index in [1.807, 2.05) is 6.07 Å². The van der Waals surface area contributed by atoms with Gasteiger partial charge in [-0.25, -0.2) is 4.85 Å². The van der Waals surface area contributed by atoms with Crippen LogP contribution in [0.25, 0.3) is 60.5 Å². The molecule has 64 heavy (non-hydrogen) atoms. The Morgan fingerprint density at radius 3 is 1.69 bits per heavy atom. The number of anilines is 2. The van der Waals surface area contributed by atoms with E-state index in [1.165, 1.54) is 36.4 Å². The fourth-order valence-electron chi connectivity index (χ4n) is 7.40. The van der Waals surface area contributed by atoms with Crippen molar-refractivity contribution in [2.75, 3.05) is 49.2 Å². The van der Waals surface area contributed by atoms with Crippen molar-refractivity contribution in [1.29, 1.82) is 0 Å². The number of aliphatic carboxylic acids is 4. The first kappa shape index (κ1) is 43.3. The van der Waals surface area contributed by atoms with Crippen molar-refractivity contribution >= 4 is 51.9 Å². The summed E-state index contributed by atoms with van der Waals surface area (Å²) in [4.78, 5) is 67.0. The van der Waals surface area contributed by atoms with Crippen molar-refractivity contribution in [2.24, 2.45) is 0 Å². The Labute approximate surface area is 363 Å². The van der Waals surface area contributed by atoms with Gasteiger partial charge in [-0.2, -0.15) is 0 Å². The summed E-state index contributed by atoms with van der Waals surface area (Å²) >= 11 is 0. The number of rotatable bonds is 18. The van der Waals surface area contributed by atoms with Gasteiger partial charge in [-0.3, -0.25) is 24.0 Å². The molecule has 322 valence electrons. The van der Waals surface area contributed by atoms with E-state index < -0.39 is 50.1 Å². The van der Waals surface area contributed by atoms with Crippen LogP contribution in [0.4, 0.5) is 17.1 Å². The minimum atomic E-state index is -1.37. The maximum atomic E-state index is 13.7. The smallest absolute Gasteiger partial charge is 0.323 e. The first-order valence-corrected chi connectivity index (χ1v) is 19.5. The average Bonchev–Trinajstić information content (AvgIpc) is 3.26. The predicted molar refractivity (Wildman–Crippen MR) is 236 cm³/mol. The molecule has 0 saturated carbocycles. The summed E-state index contributed by atoms with van der Waals surface area (Å²) in [5.74, 6) is -5.23. The van der Waals surface area contributed by atoms with Crippen LogP contribution in [0.15, 0.2) is 131 Å². The Kier molecular flexibility index (Phi) is 12.7. The Hall–Kier alpha value is -8.84. The van der Waals surface area contributed by atoms with Gasteiger partial charge in [0.05, 0.1) is 17.9 Å². The van der Waals surface area contributed by atoms with E-state index in [1.54, 1.807) is 78.9 Å². The molecule has 0 bridgehead atoms. The van der Waals surface area contributed by atoms with Gasteiger partial charge in [-0.15, -0.1) is 0 Å². The zero-order chi connectivity index (χ0) is 45.5. The van der Waals surface area contributed by atoms with Crippen molar-refractivity contribution < 1.29 is 58.6 Å². The third kappa shape index (κ3) is 9.54. The summed E-state index contributed by atoms with van der Waals surface area (Å²) in [5.41, 5.74) is 2.84. The SMILES string of the molecule is [C-]#[N+]c1cc(N(CC(=O)O)CC(=O)O)c(OCCOc2ccccc2N(CC(=O)O)CC(=O)O)cc1-c1c2cc(-c3ccccc3)c(=O)cc-2oc2cc(O)c(-c3ccccc3)cc12. The molecule has 0 radical (unpaired) electrons. The van der Waals surface area contributed by atoms with Gasteiger partial charge in [0.1, 0.15) is 68.0 Å². The summed E-state index contributed by atoms with van der Waals surface area (Å²) in [6.07, 6.45) is 0. The topological polar surface area (TPSA) is 229 Å². The molecule has 0 unspecified atom stereocenters. The van der Waals surface area contributed by atoms with Crippen LogP contribution in [0, 0.1) is 6.57 Å². The molecular weight excluding hydrogens is 827 g/mol. The van der Waals surface area contributed by atoms with Gasteiger partial charge in [-0.1, -0.05) is 72.8 Å². The highest BCUT2D eigenvalue weighted by Gasteiger charge is 2.27. The number of ether oxygens (including phenoxy) is 2. The maximum Gasteiger partial charge on any atom is 0.323 e. The van der Waals surface area contributed by atoms with Crippen LogP contribution >= 0.6 is 0 Å². The average molecular weight is 864 g/mol. The number of phenols is 1. The Bertz CT molecular complexity index is 2950. The lowest BCUT2D eigenvalue weighted by atomic mass is 9.88. The number of hydrogen-bond acceptors (Lipinski definition) is 11. The van der Waals surface area contributed by atoms with E-state index in [-0.39, 0.29) is 69.9 Å². The maximum absolute atomic E-state index is 13.7. The van der Waals surface area contributed by atoms with E-state index in [2.05, 4.69) is 4.85 Å². The first-order chi connectivity index (χ1) is 30.8. The Morgan fingerprint density at radius 1 is 0.578 bits per heavy atom. The monoisotopic (exact) mass is 863 g/mol. The number of carbonyl (C=O) groups is 4. The molecule has 16 nitrogen and oxygen atoms in total. The lowest BCUT2D eigenvalue weighted by Gasteiger charge is -2.26.